The number of benzene rings is 3. The summed E-state index contributed by atoms with van der Waals surface area (Å²) in [6, 6.07) is 18.9. The molecule has 1 heterocycles. The molecule has 0 amide bonds. The monoisotopic (exact) mass is 605 g/mol. The number of aromatic nitrogens is 1. The first-order chi connectivity index (χ1) is 18.9. The molecule has 6 nitrogen and oxygen atoms in total. The first-order valence-electron chi connectivity index (χ1n) is 12.6. The van der Waals surface area contributed by atoms with Gasteiger partial charge in [-0.1, -0.05) is 42.5 Å². The predicted molar refractivity (Wildman–Crippen MR) is 153 cm³/mol. The Labute approximate surface area is 237 Å². The quantitative estimate of drug-likeness (QED) is 0.271. The fourth-order valence-electron chi connectivity index (χ4n) is 4.70. The summed E-state index contributed by atoms with van der Waals surface area (Å²) in [6.45, 7) is 3.22. The molecule has 0 fully saturated rings. The van der Waals surface area contributed by atoms with E-state index in [1.807, 2.05) is 6.07 Å². The van der Waals surface area contributed by atoms with E-state index in [1.165, 1.54) is 24.3 Å². The summed E-state index contributed by atoms with van der Waals surface area (Å²) in [6.07, 6.45) is -4.05. The van der Waals surface area contributed by atoms with Gasteiger partial charge in [0.1, 0.15) is 0 Å². The number of nitrogens with zero attached hydrogens (tertiary/aromatic N) is 1. The molecule has 2 unspecified atom stereocenters. The zero-order chi connectivity index (χ0) is 30.4. The molecule has 0 radical (unpaired) electrons. The summed E-state index contributed by atoms with van der Waals surface area (Å²) < 4.78 is 88.8. The van der Waals surface area contributed by atoms with Crippen molar-refractivity contribution >= 4 is 30.6 Å². The van der Waals surface area contributed by atoms with E-state index in [2.05, 4.69) is 4.98 Å². The van der Waals surface area contributed by atoms with Crippen molar-refractivity contribution in [3.05, 3.63) is 95.7 Å². The van der Waals surface area contributed by atoms with E-state index in [9.17, 15) is 35.1 Å². The number of aliphatic hydroxyl groups is 1. The minimum atomic E-state index is -4.91. The summed E-state index contributed by atoms with van der Waals surface area (Å²) in [5.74, 6) is -1.41. The van der Waals surface area contributed by atoms with Gasteiger partial charge in [0.25, 0.3) is 0 Å². The first kappa shape index (κ1) is 30.7. The van der Waals surface area contributed by atoms with E-state index < -0.39 is 42.6 Å². The molecule has 0 saturated heterocycles. The number of hydrogen-bond acceptors (Lipinski definition) is 6. The zero-order valence-electron chi connectivity index (χ0n) is 22.8. The Balaban J connectivity index is 1.82. The Morgan fingerprint density at radius 1 is 0.878 bits per heavy atom. The van der Waals surface area contributed by atoms with Crippen molar-refractivity contribution in [1.82, 2.24) is 4.98 Å². The maximum atomic E-state index is 13.7. The molecule has 0 aliphatic heterocycles. The third-order valence-corrected chi connectivity index (χ3v) is 10.7. The van der Waals surface area contributed by atoms with Crippen molar-refractivity contribution in [2.24, 2.45) is 0 Å². The topological polar surface area (TPSA) is 101 Å². The van der Waals surface area contributed by atoms with Crippen molar-refractivity contribution in [1.29, 1.82) is 0 Å². The first-order valence-corrected chi connectivity index (χ1v) is 16.4. The van der Waals surface area contributed by atoms with E-state index in [4.69, 9.17) is 0 Å². The molecule has 41 heavy (non-hydrogen) atoms. The molecule has 2 atom stereocenters. The van der Waals surface area contributed by atoms with Gasteiger partial charge in [-0.2, -0.15) is 13.2 Å². The smallest absolute Gasteiger partial charge is 0.383 e. The third-order valence-electron chi connectivity index (χ3n) is 7.47. The number of alkyl halides is 3. The lowest BCUT2D eigenvalue weighted by molar-refractivity contribution is -0.210. The van der Waals surface area contributed by atoms with Crippen molar-refractivity contribution in [3.8, 4) is 11.1 Å². The number of aliphatic hydroxyl groups excluding tert-OH is 1. The van der Waals surface area contributed by atoms with Gasteiger partial charge in [-0.3, -0.25) is 4.98 Å². The van der Waals surface area contributed by atoms with Crippen molar-refractivity contribution in [3.63, 3.8) is 0 Å². The van der Waals surface area contributed by atoms with Crippen molar-refractivity contribution in [2.75, 3.05) is 12.5 Å². The molecule has 0 aliphatic rings. The molecule has 0 spiro atoms. The Kier molecular flexibility index (Phi) is 8.12. The molecule has 0 aliphatic carbocycles. The molecule has 3 aromatic carbocycles. The second kappa shape index (κ2) is 10.8. The van der Waals surface area contributed by atoms with Crippen LogP contribution in [0.1, 0.15) is 36.5 Å². The highest BCUT2D eigenvalue weighted by atomic mass is 32.2. The summed E-state index contributed by atoms with van der Waals surface area (Å²) >= 11 is 0. The average molecular weight is 606 g/mol. The van der Waals surface area contributed by atoms with E-state index >= 15 is 0 Å². The Morgan fingerprint density at radius 2 is 1.54 bits per heavy atom. The van der Waals surface area contributed by atoms with Crippen LogP contribution in [-0.4, -0.2) is 51.7 Å². The summed E-state index contributed by atoms with van der Waals surface area (Å²) in [5.41, 5.74) is 2.99. The summed E-state index contributed by atoms with van der Waals surface area (Å²) in [7, 11) is -7.06. The maximum Gasteiger partial charge on any atom is 0.414 e. The largest absolute Gasteiger partial charge is 0.414 e. The van der Waals surface area contributed by atoms with Gasteiger partial charge >= 0.3 is 6.18 Å². The lowest BCUT2D eigenvalue weighted by Gasteiger charge is -2.26. The minimum Gasteiger partial charge on any atom is -0.383 e. The lowest BCUT2D eigenvalue weighted by atomic mass is 9.86. The highest BCUT2D eigenvalue weighted by Crippen LogP contribution is 2.38. The van der Waals surface area contributed by atoms with Crippen LogP contribution in [0.3, 0.4) is 0 Å². The number of fused-ring (bicyclic) bond motifs is 1. The molecule has 11 heteroatoms. The molecule has 0 bridgehead atoms. The molecular weight excluding hydrogens is 575 g/mol. The van der Waals surface area contributed by atoms with E-state index in [-0.39, 0.29) is 16.9 Å². The van der Waals surface area contributed by atoms with Crippen LogP contribution in [0.15, 0.2) is 83.9 Å². The number of halogens is 3. The normalized spacial score (nSPS) is 14.6. The van der Waals surface area contributed by atoms with Crippen LogP contribution in [0.5, 0.6) is 0 Å². The van der Waals surface area contributed by atoms with Gasteiger partial charge in [-0.25, -0.2) is 16.8 Å². The highest BCUT2D eigenvalue weighted by molar-refractivity contribution is 7.91. The van der Waals surface area contributed by atoms with Gasteiger partial charge in [0.05, 0.1) is 15.2 Å². The fourth-order valence-corrected chi connectivity index (χ4v) is 5.87. The number of pyridine rings is 1. The zero-order valence-corrected chi connectivity index (χ0v) is 24.5. The second-order valence-corrected chi connectivity index (χ2v) is 15.3. The molecule has 218 valence electrons. The third kappa shape index (κ3) is 6.47. The molecule has 0 saturated carbocycles. The average Bonchev–Trinajstić information content (AvgIpc) is 2.89. The Bertz CT molecular complexity index is 1800. The van der Waals surface area contributed by atoms with Crippen LogP contribution < -0.4 is 0 Å². The van der Waals surface area contributed by atoms with Gasteiger partial charge in [0.15, 0.2) is 25.8 Å². The van der Waals surface area contributed by atoms with Crippen LogP contribution in [-0.2, 0) is 30.8 Å². The lowest BCUT2D eigenvalue weighted by Crippen LogP contribution is -2.35. The van der Waals surface area contributed by atoms with Gasteiger partial charge in [-0.05, 0) is 72.9 Å². The SMILES string of the molecule is CC(C)(c1cc(-c2cccc(CC(c3ccc(S(C)(=O)=O)cc3)C(O)C(F)(F)F)c2)c2ncccc2c1)S(C)(=O)=O. The van der Waals surface area contributed by atoms with Crippen molar-refractivity contribution in [2.45, 2.75) is 48.1 Å². The summed E-state index contributed by atoms with van der Waals surface area (Å²) in [5, 5.41) is 11.0. The molecular formula is C30H30F3NO5S2. The Morgan fingerprint density at radius 3 is 2.12 bits per heavy atom. The summed E-state index contributed by atoms with van der Waals surface area (Å²) in [4.78, 5) is 4.44. The van der Waals surface area contributed by atoms with Gasteiger partial charge in [-0.15, -0.1) is 0 Å². The number of hydrogen-bond donors (Lipinski definition) is 1. The highest BCUT2D eigenvalue weighted by Gasteiger charge is 2.44. The second-order valence-electron chi connectivity index (χ2n) is 10.7. The minimum absolute atomic E-state index is 0.0419. The number of sulfone groups is 2. The van der Waals surface area contributed by atoms with Crippen LogP contribution in [0.25, 0.3) is 22.0 Å². The maximum absolute atomic E-state index is 13.7. The van der Waals surface area contributed by atoms with Gasteiger partial charge in [0.2, 0.25) is 0 Å². The van der Waals surface area contributed by atoms with E-state index in [1.54, 1.807) is 62.5 Å². The van der Waals surface area contributed by atoms with Gasteiger partial charge < -0.3 is 5.11 Å². The van der Waals surface area contributed by atoms with E-state index in [0.717, 1.165) is 12.5 Å². The number of rotatable bonds is 8. The van der Waals surface area contributed by atoms with Gasteiger partial charge in [0, 0.05) is 35.6 Å². The molecule has 1 aromatic heterocycles. The standard InChI is InChI=1S/C30H30F3NO5S2/c1-29(2,41(4,38)39)23-17-22-9-6-14-34-27(22)25(18-23)21-8-5-7-19(15-21)16-26(28(35)30(31,32)33)20-10-12-24(13-11-20)40(3,36)37/h5-15,17-18,26,28,35H,16H2,1-4H3. The van der Waals surface area contributed by atoms with Crippen LogP contribution in [0.2, 0.25) is 0 Å². The van der Waals surface area contributed by atoms with Crippen molar-refractivity contribution < 1.29 is 35.1 Å². The molecule has 1 N–H and O–H groups in total. The molecule has 4 rings (SSSR count). The van der Waals surface area contributed by atoms with Crippen LogP contribution in [0.4, 0.5) is 13.2 Å². The van der Waals surface area contributed by atoms with Crippen LogP contribution in [0, 0.1) is 0 Å². The Hall–Kier alpha value is -3.28. The molecule has 4 aromatic rings. The fraction of sp³-hybridized carbons (Fsp3) is 0.300. The van der Waals surface area contributed by atoms with E-state index in [0.29, 0.717) is 33.2 Å². The predicted octanol–water partition coefficient (Wildman–Crippen LogP) is 5.83. The van der Waals surface area contributed by atoms with Crippen LogP contribution >= 0.6 is 0 Å².